The molecule has 2 unspecified atom stereocenters. The van der Waals surface area contributed by atoms with Gasteiger partial charge in [-0.2, -0.15) is 0 Å². The second-order valence-electron chi connectivity index (χ2n) is 3.27. The molecule has 68 valence electrons. The summed E-state index contributed by atoms with van der Waals surface area (Å²) in [5, 5.41) is 0. The van der Waals surface area contributed by atoms with Gasteiger partial charge in [0.1, 0.15) is 6.26 Å². The zero-order valence-electron chi connectivity index (χ0n) is 7.14. The van der Waals surface area contributed by atoms with Crippen molar-refractivity contribution in [1.82, 2.24) is 0 Å². The summed E-state index contributed by atoms with van der Waals surface area (Å²) in [6.45, 7) is 0. The van der Waals surface area contributed by atoms with Crippen LogP contribution in [0.5, 0.6) is 0 Å². The smallest absolute Gasteiger partial charge is 0.172 e. The number of hydrogen-bond acceptors (Lipinski definition) is 3. The van der Waals surface area contributed by atoms with Crippen LogP contribution in [0.15, 0.2) is 35.2 Å². The third-order valence-electron chi connectivity index (χ3n) is 2.26. The van der Waals surface area contributed by atoms with Gasteiger partial charge in [-0.25, -0.2) is 0 Å². The molecular weight excluding hydrogens is 166 g/mol. The van der Waals surface area contributed by atoms with E-state index in [1.165, 1.54) is 12.5 Å². The van der Waals surface area contributed by atoms with Crippen LogP contribution in [0.3, 0.4) is 0 Å². The van der Waals surface area contributed by atoms with E-state index in [9.17, 15) is 4.79 Å². The molecule has 1 aliphatic carbocycles. The van der Waals surface area contributed by atoms with Gasteiger partial charge in [-0.3, -0.25) is 4.79 Å². The monoisotopic (exact) mass is 177 g/mol. The molecule has 3 nitrogen and oxygen atoms in total. The summed E-state index contributed by atoms with van der Waals surface area (Å²) in [6, 6.07) is 1.71. The molecule has 0 aliphatic heterocycles. The maximum atomic E-state index is 11.7. The number of allylic oxidation sites excluding steroid dienone is 1. The van der Waals surface area contributed by atoms with Crippen LogP contribution in [0, 0.1) is 5.92 Å². The van der Waals surface area contributed by atoms with E-state index in [-0.39, 0.29) is 17.7 Å². The van der Waals surface area contributed by atoms with Gasteiger partial charge in [-0.05, 0) is 12.5 Å². The van der Waals surface area contributed by atoms with Crippen LogP contribution in [-0.4, -0.2) is 11.8 Å². The maximum absolute atomic E-state index is 11.7. The zero-order valence-corrected chi connectivity index (χ0v) is 7.14. The third kappa shape index (κ3) is 1.55. The molecule has 0 bridgehead atoms. The van der Waals surface area contributed by atoms with Gasteiger partial charge >= 0.3 is 0 Å². The standard InChI is InChI=1S/C10H11NO2/c11-9-2-1-7(5-9)10(12)8-3-4-13-6-8/h1-4,6-7,9H,5,11H2. The molecule has 0 amide bonds. The number of furan rings is 1. The Morgan fingerprint density at radius 1 is 1.54 bits per heavy atom. The molecule has 1 aromatic heterocycles. The van der Waals surface area contributed by atoms with Crippen LogP contribution in [0.25, 0.3) is 0 Å². The number of ketones is 1. The Hall–Kier alpha value is -1.35. The molecule has 2 atom stereocenters. The summed E-state index contributed by atoms with van der Waals surface area (Å²) in [7, 11) is 0. The van der Waals surface area contributed by atoms with Crippen molar-refractivity contribution in [2.45, 2.75) is 12.5 Å². The molecule has 0 radical (unpaired) electrons. The largest absolute Gasteiger partial charge is 0.472 e. The highest BCUT2D eigenvalue weighted by atomic mass is 16.3. The molecule has 0 spiro atoms. The second-order valence-corrected chi connectivity index (χ2v) is 3.27. The fraction of sp³-hybridized carbons (Fsp3) is 0.300. The summed E-state index contributed by atoms with van der Waals surface area (Å²) < 4.78 is 4.85. The van der Waals surface area contributed by atoms with E-state index >= 15 is 0 Å². The average Bonchev–Trinajstić information content (AvgIpc) is 2.72. The lowest BCUT2D eigenvalue weighted by atomic mass is 9.98. The molecule has 3 heteroatoms. The number of rotatable bonds is 2. The highest BCUT2D eigenvalue weighted by Crippen LogP contribution is 2.21. The molecular formula is C10H11NO2. The highest BCUT2D eigenvalue weighted by molar-refractivity contribution is 5.98. The second kappa shape index (κ2) is 3.18. The molecule has 1 aromatic rings. The summed E-state index contributed by atoms with van der Waals surface area (Å²) in [5.74, 6) is 0.0329. The van der Waals surface area contributed by atoms with Crippen LogP contribution in [0.1, 0.15) is 16.8 Å². The molecule has 0 saturated carbocycles. The first-order chi connectivity index (χ1) is 6.27. The molecule has 2 N–H and O–H groups in total. The van der Waals surface area contributed by atoms with Crippen LogP contribution < -0.4 is 5.73 Å². The van der Waals surface area contributed by atoms with Crippen molar-refractivity contribution in [2.75, 3.05) is 0 Å². The Morgan fingerprint density at radius 3 is 2.92 bits per heavy atom. The van der Waals surface area contributed by atoms with Crippen LogP contribution in [-0.2, 0) is 0 Å². The highest BCUT2D eigenvalue weighted by Gasteiger charge is 2.24. The Labute approximate surface area is 76.2 Å². The van der Waals surface area contributed by atoms with Gasteiger partial charge in [0.2, 0.25) is 0 Å². The van der Waals surface area contributed by atoms with Gasteiger partial charge in [-0.15, -0.1) is 0 Å². The molecule has 1 heterocycles. The van der Waals surface area contributed by atoms with E-state index < -0.39 is 0 Å². The summed E-state index contributed by atoms with van der Waals surface area (Å²) in [5.41, 5.74) is 6.28. The van der Waals surface area contributed by atoms with Crippen LogP contribution in [0.4, 0.5) is 0 Å². The SMILES string of the molecule is NC1C=CC(C(=O)c2ccoc2)C1. The molecule has 0 fully saturated rings. The Balaban J connectivity index is 2.11. The minimum atomic E-state index is -0.0624. The number of Topliss-reactive ketones (excluding diaryl/α,β-unsaturated/α-hetero) is 1. The molecule has 0 aromatic carbocycles. The van der Waals surface area contributed by atoms with Crippen molar-refractivity contribution in [3.63, 3.8) is 0 Å². The van der Waals surface area contributed by atoms with Crippen molar-refractivity contribution >= 4 is 5.78 Å². The predicted molar refractivity (Wildman–Crippen MR) is 48.3 cm³/mol. The van der Waals surface area contributed by atoms with Crippen molar-refractivity contribution < 1.29 is 9.21 Å². The predicted octanol–water partition coefficient (Wildman–Crippen LogP) is 1.37. The molecule has 0 saturated heterocycles. The summed E-state index contributed by atoms with van der Waals surface area (Å²) >= 11 is 0. The summed E-state index contributed by atoms with van der Waals surface area (Å²) in [6.07, 6.45) is 7.44. The van der Waals surface area contributed by atoms with Crippen LogP contribution >= 0.6 is 0 Å². The fourth-order valence-electron chi connectivity index (χ4n) is 1.54. The van der Waals surface area contributed by atoms with Crippen molar-refractivity contribution in [3.05, 3.63) is 36.3 Å². The van der Waals surface area contributed by atoms with E-state index in [2.05, 4.69) is 0 Å². The fourth-order valence-corrected chi connectivity index (χ4v) is 1.54. The van der Waals surface area contributed by atoms with Crippen molar-refractivity contribution in [1.29, 1.82) is 0 Å². The Kier molecular flexibility index (Phi) is 2.02. The van der Waals surface area contributed by atoms with Gasteiger partial charge in [0.25, 0.3) is 0 Å². The minimum absolute atomic E-state index is 0.0286. The van der Waals surface area contributed by atoms with Crippen LogP contribution in [0.2, 0.25) is 0 Å². The van der Waals surface area contributed by atoms with Gasteiger partial charge in [0, 0.05) is 12.0 Å². The van der Waals surface area contributed by atoms with Gasteiger partial charge in [-0.1, -0.05) is 12.2 Å². The summed E-state index contributed by atoms with van der Waals surface area (Å²) in [4.78, 5) is 11.7. The van der Waals surface area contributed by atoms with E-state index in [0.29, 0.717) is 12.0 Å². The first-order valence-corrected chi connectivity index (χ1v) is 4.27. The van der Waals surface area contributed by atoms with Gasteiger partial charge in [0.15, 0.2) is 5.78 Å². The lowest BCUT2D eigenvalue weighted by Crippen LogP contribution is -2.18. The zero-order chi connectivity index (χ0) is 9.26. The maximum Gasteiger partial charge on any atom is 0.172 e. The normalized spacial score (nSPS) is 26.5. The minimum Gasteiger partial charge on any atom is -0.472 e. The average molecular weight is 177 g/mol. The topological polar surface area (TPSA) is 56.2 Å². The number of carbonyl (C=O) groups excluding carboxylic acids is 1. The van der Waals surface area contributed by atoms with E-state index in [4.69, 9.17) is 10.2 Å². The lowest BCUT2D eigenvalue weighted by Gasteiger charge is -2.05. The van der Waals surface area contributed by atoms with E-state index in [1.54, 1.807) is 6.07 Å². The number of nitrogens with two attached hydrogens (primary N) is 1. The third-order valence-corrected chi connectivity index (χ3v) is 2.26. The molecule has 2 rings (SSSR count). The van der Waals surface area contributed by atoms with E-state index in [1.807, 2.05) is 12.2 Å². The van der Waals surface area contributed by atoms with Gasteiger partial charge in [0.05, 0.1) is 11.8 Å². The molecule has 13 heavy (non-hydrogen) atoms. The first kappa shape index (κ1) is 8.26. The quantitative estimate of drug-likeness (QED) is 0.548. The van der Waals surface area contributed by atoms with Crippen molar-refractivity contribution in [3.8, 4) is 0 Å². The lowest BCUT2D eigenvalue weighted by molar-refractivity contribution is 0.0942. The van der Waals surface area contributed by atoms with Gasteiger partial charge < -0.3 is 10.2 Å². The van der Waals surface area contributed by atoms with E-state index in [0.717, 1.165) is 0 Å². The molecule has 1 aliphatic rings. The number of hydrogen-bond donors (Lipinski definition) is 1. The Morgan fingerprint density at radius 2 is 2.38 bits per heavy atom. The first-order valence-electron chi connectivity index (χ1n) is 4.27. The Bertz CT molecular complexity index is 327. The van der Waals surface area contributed by atoms with Crippen molar-refractivity contribution in [2.24, 2.45) is 11.7 Å². The number of carbonyl (C=O) groups is 1.